The number of likely N-dealkylation sites (tertiary alicyclic amines) is 1. The number of hydrogen-bond acceptors (Lipinski definition) is 4. The van der Waals surface area contributed by atoms with Crippen LogP contribution in [0.4, 0.5) is 5.69 Å². The second-order valence-corrected chi connectivity index (χ2v) is 9.47. The van der Waals surface area contributed by atoms with E-state index in [1.807, 2.05) is 0 Å². The largest absolute Gasteiger partial charge is 0.369 e. The van der Waals surface area contributed by atoms with Crippen molar-refractivity contribution in [3.63, 3.8) is 0 Å². The predicted octanol–water partition coefficient (Wildman–Crippen LogP) is 3.63. The highest BCUT2D eigenvalue weighted by Crippen LogP contribution is 2.24. The van der Waals surface area contributed by atoms with Gasteiger partial charge in [0.05, 0.1) is 0 Å². The van der Waals surface area contributed by atoms with Gasteiger partial charge in [0.1, 0.15) is 0 Å². The molecule has 0 radical (unpaired) electrons. The number of likely N-dealkylation sites (N-methyl/N-ethyl adjacent to an activating group) is 1. The minimum Gasteiger partial charge on any atom is -0.369 e. The molecule has 0 aliphatic carbocycles. The van der Waals surface area contributed by atoms with E-state index in [2.05, 4.69) is 71.8 Å². The Morgan fingerprint density at radius 2 is 1.61 bits per heavy atom. The number of nitrogens with zero attached hydrogens (tertiary/aromatic N) is 4. The summed E-state index contributed by atoms with van der Waals surface area (Å²) >= 11 is 0. The molecule has 0 bridgehead atoms. The topological polar surface area (TPSA) is 13.0 Å². The number of piperidine rings is 1. The average Bonchev–Trinajstić information content (AvgIpc) is 2.70. The van der Waals surface area contributed by atoms with Gasteiger partial charge in [-0.3, -0.25) is 0 Å². The van der Waals surface area contributed by atoms with Crippen LogP contribution in [0.15, 0.2) is 24.3 Å². The van der Waals surface area contributed by atoms with Crippen LogP contribution in [0.1, 0.15) is 38.7 Å². The third-order valence-corrected chi connectivity index (χ3v) is 6.85. The first-order valence-corrected chi connectivity index (χ1v) is 11.4. The summed E-state index contributed by atoms with van der Waals surface area (Å²) in [5.74, 6) is 1.81. The van der Waals surface area contributed by atoms with Crippen molar-refractivity contribution >= 4 is 5.69 Å². The van der Waals surface area contributed by atoms with Crippen molar-refractivity contribution in [2.75, 3.05) is 71.4 Å². The maximum Gasteiger partial charge on any atom is 0.0367 e. The first kappa shape index (κ1) is 21.6. The molecule has 0 aromatic heterocycles. The number of rotatable bonds is 8. The van der Waals surface area contributed by atoms with Gasteiger partial charge in [-0.25, -0.2) is 0 Å². The van der Waals surface area contributed by atoms with Crippen molar-refractivity contribution in [2.24, 2.45) is 11.8 Å². The van der Waals surface area contributed by atoms with Crippen molar-refractivity contribution in [3.05, 3.63) is 29.8 Å². The van der Waals surface area contributed by atoms with E-state index in [-0.39, 0.29) is 0 Å². The fourth-order valence-corrected chi connectivity index (χ4v) is 4.67. The molecule has 2 heterocycles. The Kier molecular flexibility index (Phi) is 8.19. The molecule has 0 unspecified atom stereocenters. The monoisotopic (exact) mass is 386 g/mol. The summed E-state index contributed by atoms with van der Waals surface area (Å²) in [5.41, 5.74) is 2.81. The summed E-state index contributed by atoms with van der Waals surface area (Å²) in [6, 6.07) is 9.27. The molecule has 2 saturated heterocycles. The molecule has 1 aromatic rings. The predicted molar refractivity (Wildman–Crippen MR) is 121 cm³/mol. The van der Waals surface area contributed by atoms with E-state index in [9.17, 15) is 0 Å². The molecule has 158 valence electrons. The molecule has 3 rings (SSSR count). The lowest BCUT2D eigenvalue weighted by Crippen LogP contribution is -2.44. The standard InChI is InChI=1S/C24H42N4/c1-21(2)23-10-14-27(15-11-23)13-5-12-26(4)20-22-6-8-24(9-7-22)28-18-16-25(3)17-19-28/h6-9,21,23H,5,10-20H2,1-4H3. The van der Waals surface area contributed by atoms with Crippen LogP contribution in [0.5, 0.6) is 0 Å². The average molecular weight is 387 g/mol. The van der Waals surface area contributed by atoms with Crippen LogP contribution in [-0.2, 0) is 6.54 Å². The summed E-state index contributed by atoms with van der Waals surface area (Å²) in [6.07, 6.45) is 4.07. The zero-order chi connectivity index (χ0) is 19.9. The number of benzene rings is 1. The summed E-state index contributed by atoms with van der Waals surface area (Å²) in [6.45, 7) is 15.5. The van der Waals surface area contributed by atoms with Gasteiger partial charge in [-0.05, 0) is 89.1 Å². The van der Waals surface area contributed by atoms with Gasteiger partial charge in [0.2, 0.25) is 0 Å². The lowest BCUT2D eigenvalue weighted by atomic mass is 9.87. The van der Waals surface area contributed by atoms with Crippen LogP contribution in [0.3, 0.4) is 0 Å². The Hall–Kier alpha value is -1.10. The maximum absolute atomic E-state index is 2.68. The Labute approximate surface area is 173 Å². The second-order valence-electron chi connectivity index (χ2n) is 9.47. The van der Waals surface area contributed by atoms with Crippen molar-refractivity contribution in [1.82, 2.24) is 14.7 Å². The molecule has 2 aliphatic heterocycles. The Bertz CT molecular complexity index is 554. The fourth-order valence-electron chi connectivity index (χ4n) is 4.67. The van der Waals surface area contributed by atoms with E-state index >= 15 is 0 Å². The molecule has 0 atom stereocenters. The van der Waals surface area contributed by atoms with Gasteiger partial charge >= 0.3 is 0 Å². The van der Waals surface area contributed by atoms with Crippen LogP contribution in [0.2, 0.25) is 0 Å². The lowest BCUT2D eigenvalue weighted by molar-refractivity contribution is 0.151. The minimum absolute atomic E-state index is 0.857. The van der Waals surface area contributed by atoms with E-state index in [1.54, 1.807) is 0 Å². The third kappa shape index (κ3) is 6.47. The fraction of sp³-hybridized carbons (Fsp3) is 0.750. The molecular formula is C24H42N4. The highest BCUT2D eigenvalue weighted by Gasteiger charge is 2.21. The molecule has 4 heteroatoms. The van der Waals surface area contributed by atoms with Crippen molar-refractivity contribution < 1.29 is 0 Å². The van der Waals surface area contributed by atoms with Gasteiger partial charge in [-0.2, -0.15) is 0 Å². The summed E-state index contributed by atoms with van der Waals surface area (Å²) < 4.78 is 0. The van der Waals surface area contributed by atoms with Crippen LogP contribution < -0.4 is 4.90 Å². The van der Waals surface area contributed by atoms with Gasteiger partial charge in [0.25, 0.3) is 0 Å². The first-order valence-electron chi connectivity index (χ1n) is 11.4. The normalized spacial score (nSPS) is 20.4. The second kappa shape index (κ2) is 10.6. The SMILES string of the molecule is CC(C)C1CCN(CCCN(C)Cc2ccc(N3CCN(C)CC3)cc2)CC1. The van der Waals surface area contributed by atoms with Crippen LogP contribution in [-0.4, -0.2) is 81.2 Å². The highest BCUT2D eigenvalue weighted by atomic mass is 15.2. The summed E-state index contributed by atoms with van der Waals surface area (Å²) in [5, 5.41) is 0. The van der Waals surface area contributed by atoms with E-state index in [4.69, 9.17) is 0 Å². The van der Waals surface area contributed by atoms with Crippen LogP contribution in [0, 0.1) is 11.8 Å². The zero-order valence-corrected chi connectivity index (χ0v) is 18.7. The maximum atomic E-state index is 2.68. The molecule has 2 fully saturated rings. The minimum atomic E-state index is 0.857. The molecule has 0 spiro atoms. The molecule has 2 aliphatic rings. The summed E-state index contributed by atoms with van der Waals surface area (Å²) in [7, 11) is 4.48. The van der Waals surface area contributed by atoms with Gasteiger partial charge in [-0.15, -0.1) is 0 Å². The van der Waals surface area contributed by atoms with E-state index in [0.29, 0.717) is 0 Å². The molecule has 0 amide bonds. The van der Waals surface area contributed by atoms with E-state index < -0.39 is 0 Å². The number of anilines is 1. The van der Waals surface area contributed by atoms with E-state index in [1.165, 1.54) is 69.8 Å². The Morgan fingerprint density at radius 3 is 2.21 bits per heavy atom. The van der Waals surface area contributed by atoms with Crippen molar-refractivity contribution in [3.8, 4) is 0 Å². The van der Waals surface area contributed by atoms with Gasteiger partial charge in [0.15, 0.2) is 0 Å². The molecule has 0 saturated carbocycles. The third-order valence-electron chi connectivity index (χ3n) is 6.85. The Morgan fingerprint density at radius 1 is 0.964 bits per heavy atom. The van der Waals surface area contributed by atoms with Crippen LogP contribution >= 0.6 is 0 Å². The molecule has 0 N–H and O–H groups in total. The number of hydrogen-bond donors (Lipinski definition) is 0. The van der Waals surface area contributed by atoms with Crippen molar-refractivity contribution in [2.45, 2.75) is 39.7 Å². The molecule has 28 heavy (non-hydrogen) atoms. The Balaban J connectivity index is 1.34. The smallest absolute Gasteiger partial charge is 0.0367 e. The number of piperazine rings is 1. The quantitative estimate of drug-likeness (QED) is 0.676. The van der Waals surface area contributed by atoms with Gasteiger partial charge in [0, 0.05) is 38.4 Å². The first-order chi connectivity index (χ1) is 13.5. The van der Waals surface area contributed by atoms with Crippen LogP contribution in [0.25, 0.3) is 0 Å². The molecular weight excluding hydrogens is 344 g/mol. The molecule has 1 aromatic carbocycles. The van der Waals surface area contributed by atoms with Gasteiger partial charge < -0.3 is 19.6 Å². The molecule has 4 nitrogen and oxygen atoms in total. The lowest BCUT2D eigenvalue weighted by Gasteiger charge is -2.34. The summed E-state index contributed by atoms with van der Waals surface area (Å²) in [4.78, 5) is 10.1. The van der Waals surface area contributed by atoms with Crippen molar-refractivity contribution in [1.29, 1.82) is 0 Å². The van der Waals surface area contributed by atoms with E-state index in [0.717, 1.165) is 31.5 Å². The highest BCUT2D eigenvalue weighted by molar-refractivity contribution is 5.48. The zero-order valence-electron chi connectivity index (χ0n) is 18.7. The van der Waals surface area contributed by atoms with Gasteiger partial charge in [-0.1, -0.05) is 26.0 Å².